The number of nitrogen functional groups attached to an aromatic ring is 2. The van der Waals surface area contributed by atoms with Crippen molar-refractivity contribution in [1.29, 1.82) is 0 Å². The molecule has 0 amide bonds. The van der Waals surface area contributed by atoms with Crippen LogP contribution in [0.4, 0.5) is 16.2 Å². The van der Waals surface area contributed by atoms with E-state index in [0.29, 0.717) is 0 Å². The van der Waals surface area contributed by atoms with Crippen LogP contribution in [0.1, 0.15) is 12.5 Å². The SMILES string of the molecule is Nc1nc2c(ncn2[C@@H]2O[C@@H]3C(O)C3[C@H]2OP(=O)(S)OC[C@H]2O[C@@H](n3cnc4c(N)ncnc43)[C@@H](F)[C@H]2O)c(=O)[nH]1. The van der Waals surface area contributed by atoms with Gasteiger partial charge in [0.1, 0.15) is 30.2 Å². The third-order valence-electron chi connectivity index (χ3n) is 7.26. The second-order valence-corrected chi connectivity index (χ2v) is 12.6. The highest BCUT2D eigenvalue weighted by atomic mass is 32.7. The summed E-state index contributed by atoms with van der Waals surface area (Å²) in [6.07, 6.45) is -6.15. The van der Waals surface area contributed by atoms with E-state index in [1.807, 2.05) is 0 Å². The fourth-order valence-corrected chi connectivity index (χ4v) is 6.69. The van der Waals surface area contributed by atoms with Gasteiger partial charge in [-0.25, -0.2) is 28.9 Å². The minimum Gasteiger partial charge on any atom is -0.390 e. The van der Waals surface area contributed by atoms with E-state index in [4.69, 9.17) is 30.0 Å². The first-order valence-electron chi connectivity index (χ1n) is 12.2. The maximum absolute atomic E-state index is 15.1. The minimum absolute atomic E-state index is 0.0181. The zero-order chi connectivity index (χ0) is 28.8. The number of nitrogens with zero attached hydrogens (tertiary/aromatic N) is 7. The Hall–Kier alpha value is -3.23. The summed E-state index contributed by atoms with van der Waals surface area (Å²) in [5.74, 6) is -0.673. The molecule has 0 aromatic carbocycles. The van der Waals surface area contributed by atoms with Gasteiger partial charge < -0.3 is 31.2 Å². The van der Waals surface area contributed by atoms with E-state index in [0.717, 1.165) is 0 Å². The van der Waals surface area contributed by atoms with Crippen molar-refractivity contribution in [1.82, 2.24) is 39.0 Å². The van der Waals surface area contributed by atoms with Crippen molar-refractivity contribution in [2.75, 3.05) is 18.1 Å². The third-order valence-corrected chi connectivity index (χ3v) is 8.88. The van der Waals surface area contributed by atoms with Gasteiger partial charge in [-0.05, 0) is 0 Å². The molecule has 41 heavy (non-hydrogen) atoms. The van der Waals surface area contributed by atoms with Crippen molar-refractivity contribution in [3.8, 4) is 0 Å². The van der Waals surface area contributed by atoms with Crippen molar-refractivity contribution in [2.24, 2.45) is 5.92 Å². The lowest BCUT2D eigenvalue weighted by atomic mass is 10.1. The molecule has 1 saturated carbocycles. The van der Waals surface area contributed by atoms with Crippen molar-refractivity contribution in [3.63, 3.8) is 0 Å². The number of imidazole rings is 2. The van der Waals surface area contributed by atoms with Crippen LogP contribution in [0, 0.1) is 5.92 Å². The van der Waals surface area contributed by atoms with E-state index in [1.54, 1.807) is 0 Å². The molecule has 0 bridgehead atoms. The number of hydrogen-bond acceptors (Lipinski definition) is 15. The average molecular weight is 612 g/mol. The maximum Gasteiger partial charge on any atom is 0.386 e. The standard InChI is InChI=1S/C20H22FN10O8PS/c21-7-10(32)5(37-18(7)30-3-26-8-14(22)24-2-25-15(8)30)1-36-40(35,41)39-13-6-11(33)12(6)38-19(13)31-4-27-9-16(31)28-20(23)29-17(9)34/h2-7,10-13,18-19,32-33H,1H2,(H,35,41)(H2,22,24,25)(H3,23,28,29,34)/t5-,6?,7+,10+,11?,12+,13-,18-,19-,40?/m1/s1. The summed E-state index contributed by atoms with van der Waals surface area (Å²) in [5, 5.41) is 20.7. The van der Waals surface area contributed by atoms with Crippen LogP contribution in [0.15, 0.2) is 23.8 Å². The summed E-state index contributed by atoms with van der Waals surface area (Å²) >= 11 is 4.04. The first-order chi connectivity index (χ1) is 19.5. The van der Waals surface area contributed by atoms with Crippen LogP contribution in [-0.4, -0.2) is 92.5 Å². The van der Waals surface area contributed by atoms with Crippen LogP contribution in [0.3, 0.4) is 0 Å². The molecule has 2 aliphatic heterocycles. The Morgan fingerprint density at radius 2 is 1.80 bits per heavy atom. The molecule has 7 N–H and O–H groups in total. The van der Waals surface area contributed by atoms with Crippen LogP contribution in [0.2, 0.25) is 0 Å². The number of halogens is 1. The van der Waals surface area contributed by atoms with Crippen molar-refractivity contribution >= 4 is 53.1 Å². The van der Waals surface area contributed by atoms with Gasteiger partial charge >= 0.3 is 6.80 Å². The van der Waals surface area contributed by atoms with Crippen LogP contribution < -0.4 is 17.0 Å². The molecule has 3 aliphatic rings. The van der Waals surface area contributed by atoms with Gasteiger partial charge in [0.15, 0.2) is 41.3 Å². The summed E-state index contributed by atoms with van der Waals surface area (Å²) in [5.41, 5.74) is 11.4. The molecule has 0 radical (unpaired) electrons. The number of nitrogens with one attached hydrogen (secondary N) is 1. The molecule has 218 valence electrons. The average Bonchev–Trinajstić information content (AvgIpc) is 3.40. The number of thiol groups is 1. The fourth-order valence-electron chi connectivity index (χ4n) is 5.22. The number of aliphatic hydroxyl groups is 2. The number of aliphatic hydroxyl groups excluding tert-OH is 2. The molecular formula is C20H22FN10O8PS. The number of aromatic amines is 1. The number of alkyl halides is 1. The Morgan fingerprint density at radius 3 is 2.59 bits per heavy atom. The number of nitrogens with two attached hydrogens (primary N) is 2. The molecule has 3 unspecified atom stereocenters. The second kappa shape index (κ2) is 9.39. The van der Waals surface area contributed by atoms with E-state index in [-0.39, 0.29) is 34.1 Å². The number of fused-ring (bicyclic) bond motifs is 3. The molecule has 6 heterocycles. The quantitative estimate of drug-likeness (QED) is 0.109. The van der Waals surface area contributed by atoms with E-state index in [1.165, 1.54) is 28.1 Å². The molecule has 2 saturated heterocycles. The summed E-state index contributed by atoms with van der Waals surface area (Å²) < 4.78 is 53.6. The normalized spacial score (nSPS) is 34.3. The fraction of sp³-hybridized carbons (Fsp3) is 0.500. The molecule has 0 spiro atoms. The largest absolute Gasteiger partial charge is 0.390 e. The van der Waals surface area contributed by atoms with Crippen LogP contribution >= 0.6 is 19.0 Å². The number of ether oxygens (including phenoxy) is 2. The summed E-state index contributed by atoms with van der Waals surface area (Å²) in [4.78, 5) is 34.6. The van der Waals surface area contributed by atoms with Gasteiger partial charge in [0.25, 0.3) is 5.56 Å². The van der Waals surface area contributed by atoms with Crippen molar-refractivity contribution < 1.29 is 37.7 Å². The predicted octanol–water partition coefficient (Wildman–Crippen LogP) is -0.952. The number of anilines is 2. The number of hydrogen-bond donors (Lipinski definition) is 6. The molecule has 7 rings (SSSR count). The maximum atomic E-state index is 15.1. The van der Waals surface area contributed by atoms with Gasteiger partial charge in [-0.1, -0.05) is 12.2 Å². The molecular weight excluding hydrogens is 590 g/mol. The molecule has 1 aliphatic carbocycles. The van der Waals surface area contributed by atoms with E-state index in [2.05, 4.69) is 42.2 Å². The third kappa shape index (κ3) is 4.29. The smallest absolute Gasteiger partial charge is 0.386 e. The summed E-state index contributed by atoms with van der Waals surface area (Å²) in [6, 6.07) is 0. The Labute approximate surface area is 232 Å². The lowest BCUT2D eigenvalue weighted by Crippen LogP contribution is -2.32. The summed E-state index contributed by atoms with van der Waals surface area (Å²) in [6.45, 7) is -4.81. The van der Waals surface area contributed by atoms with Gasteiger partial charge in [-0.3, -0.25) is 28.0 Å². The predicted molar refractivity (Wildman–Crippen MR) is 138 cm³/mol. The van der Waals surface area contributed by atoms with Gasteiger partial charge in [0, 0.05) is 5.92 Å². The Kier molecular flexibility index (Phi) is 6.11. The zero-order valence-electron chi connectivity index (χ0n) is 20.5. The lowest BCUT2D eigenvalue weighted by Gasteiger charge is -2.27. The van der Waals surface area contributed by atoms with Crippen molar-refractivity contribution in [3.05, 3.63) is 29.3 Å². The topological polar surface area (TPSA) is 254 Å². The second-order valence-electron chi connectivity index (χ2n) is 9.75. The number of aromatic nitrogens is 8. The minimum atomic E-state index is -4.23. The first kappa shape index (κ1) is 26.7. The monoisotopic (exact) mass is 612 g/mol. The van der Waals surface area contributed by atoms with Gasteiger partial charge in [0.2, 0.25) is 5.95 Å². The molecule has 4 aromatic heterocycles. The van der Waals surface area contributed by atoms with Gasteiger partial charge in [0.05, 0.1) is 31.5 Å². The van der Waals surface area contributed by atoms with E-state index in [9.17, 15) is 19.6 Å². The Morgan fingerprint density at radius 1 is 1.07 bits per heavy atom. The van der Waals surface area contributed by atoms with Crippen LogP contribution in [-0.2, 0) is 23.1 Å². The molecule has 4 aromatic rings. The summed E-state index contributed by atoms with van der Waals surface area (Å²) in [7, 11) is 0. The molecule has 10 atom stereocenters. The Bertz CT molecular complexity index is 1770. The lowest BCUT2D eigenvalue weighted by molar-refractivity contribution is -0.0658. The number of H-pyrrole nitrogens is 1. The first-order valence-corrected chi connectivity index (χ1v) is 14.9. The van der Waals surface area contributed by atoms with E-state index < -0.39 is 74.0 Å². The highest BCUT2D eigenvalue weighted by Crippen LogP contribution is 2.61. The van der Waals surface area contributed by atoms with E-state index >= 15 is 4.39 Å². The molecule has 18 nitrogen and oxygen atoms in total. The van der Waals surface area contributed by atoms with Crippen molar-refractivity contribution in [2.45, 2.75) is 49.1 Å². The van der Waals surface area contributed by atoms with Crippen LogP contribution in [0.25, 0.3) is 22.3 Å². The number of rotatable bonds is 7. The Balaban J connectivity index is 1.07. The van der Waals surface area contributed by atoms with Gasteiger partial charge in [-0.2, -0.15) is 4.98 Å². The van der Waals surface area contributed by atoms with Gasteiger partial charge in [-0.15, -0.1) is 0 Å². The van der Waals surface area contributed by atoms with Crippen LogP contribution in [0.5, 0.6) is 0 Å². The zero-order valence-corrected chi connectivity index (χ0v) is 22.3. The molecule has 3 fully saturated rings. The highest BCUT2D eigenvalue weighted by molar-refractivity contribution is 8.44. The molecule has 21 heteroatoms. The highest BCUT2D eigenvalue weighted by Gasteiger charge is 2.66.